The van der Waals surface area contributed by atoms with Crippen LogP contribution in [-0.4, -0.2) is 32.6 Å². The predicted octanol–water partition coefficient (Wildman–Crippen LogP) is 3.57. The first kappa shape index (κ1) is 19.8. The van der Waals surface area contributed by atoms with E-state index in [1.165, 1.54) is 20.5 Å². The Hall–Kier alpha value is -3.94. The van der Waals surface area contributed by atoms with Crippen LogP contribution in [0.1, 0.15) is 10.6 Å². The molecule has 150 valence electrons. The zero-order valence-electron chi connectivity index (χ0n) is 15.9. The van der Waals surface area contributed by atoms with Crippen LogP contribution >= 0.6 is 0 Å². The Morgan fingerprint density at radius 2 is 1.66 bits per heavy atom. The van der Waals surface area contributed by atoms with Crippen molar-refractivity contribution in [3.8, 4) is 17.2 Å². The fraction of sp³-hybridized carbons (Fsp3) is 0.143. The monoisotopic (exact) mass is 396 g/mol. The molecule has 3 aromatic rings. The molecule has 0 fully saturated rings. The normalized spacial score (nSPS) is 10.1. The lowest BCUT2D eigenvalue weighted by Gasteiger charge is -2.13. The number of hydrogen-bond acceptors (Lipinski definition) is 6. The molecule has 0 unspecified atom stereocenters. The van der Waals surface area contributed by atoms with E-state index in [-0.39, 0.29) is 18.3 Å². The van der Waals surface area contributed by atoms with E-state index in [0.29, 0.717) is 28.6 Å². The van der Waals surface area contributed by atoms with Crippen molar-refractivity contribution in [1.82, 2.24) is 0 Å². The Bertz CT molecular complexity index is 985. The molecule has 8 heteroatoms. The first-order chi connectivity index (χ1) is 14.1. The van der Waals surface area contributed by atoms with Crippen LogP contribution in [0.25, 0.3) is 0 Å². The van der Waals surface area contributed by atoms with E-state index >= 15 is 0 Å². The summed E-state index contributed by atoms with van der Waals surface area (Å²) >= 11 is 0. The molecule has 3 rings (SSSR count). The molecule has 0 saturated heterocycles. The number of carbonyl (C=O) groups excluding carboxylic acids is 2. The highest BCUT2D eigenvalue weighted by Gasteiger charge is 2.14. The topological polar surface area (TPSA) is 99.0 Å². The largest absolute Gasteiger partial charge is 0.495 e. The maximum Gasteiger partial charge on any atom is 0.291 e. The number of hydrogen-bond donors (Lipinski definition) is 2. The summed E-state index contributed by atoms with van der Waals surface area (Å²) in [6.45, 7) is -0.208. The molecule has 0 aliphatic carbocycles. The molecule has 2 N–H and O–H groups in total. The summed E-state index contributed by atoms with van der Waals surface area (Å²) in [6, 6.07) is 15.1. The number of amides is 2. The van der Waals surface area contributed by atoms with E-state index in [2.05, 4.69) is 10.6 Å². The van der Waals surface area contributed by atoms with Gasteiger partial charge in [-0.25, -0.2) is 0 Å². The van der Waals surface area contributed by atoms with Gasteiger partial charge in [0, 0.05) is 5.69 Å². The van der Waals surface area contributed by atoms with Crippen molar-refractivity contribution >= 4 is 23.2 Å². The first-order valence-corrected chi connectivity index (χ1v) is 8.69. The maximum atomic E-state index is 12.2. The Morgan fingerprint density at radius 1 is 0.897 bits per heavy atom. The number of carbonyl (C=O) groups is 2. The lowest BCUT2D eigenvalue weighted by Crippen LogP contribution is -2.20. The highest BCUT2D eigenvalue weighted by molar-refractivity contribution is 6.03. The first-order valence-electron chi connectivity index (χ1n) is 8.69. The van der Waals surface area contributed by atoms with Crippen molar-refractivity contribution in [3.05, 3.63) is 66.6 Å². The molecule has 0 aliphatic rings. The molecule has 0 saturated carbocycles. The molecule has 0 aliphatic heterocycles. The van der Waals surface area contributed by atoms with Crippen LogP contribution in [0.15, 0.2) is 65.3 Å². The molecule has 1 heterocycles. The third-order valence-corrected chi connectivity index (χ3v) is 3.90. The van der Waals surface area contributed by atoms with Gasteiger partial charge >= 0.3 is 0 Å². The van der Waals surface area contributed by atoms with Crippen molar-refractivity contribution in [2.75, 3.05) is 31.5 Å². The van der Waals surface area contributed by atoms with Gasteiger partial charge in [-0.3, -0.25) is 9.59 Å². The van der Waals surface area contributed by atoms with Crippen molar-refractivity contribution in [2.24, 2.45) is 0 Å². The van der Waals surface area contributed by atoms with E-state index in [4.69, 9.17) is 18.6 Å². The molecule has 0 spiro atoms. The second-order valence-corrected chi connectivity index (χ2v) is 5.83. The highest BCUT2D eigenvalue weighted by atomic mass is 16.5. The fourth-order valence-corrected chi connectivity index (χ4v) is 2.55. The van der Waals surface area contributed by atoms with Gasteiger partial charge in [-0.1, -0.05) is 12.1 Å². The second-order valence-electron chi connectivity index (χ2n) is 5.83. The summed E-state index contributed by atoms with van der Waals surface area (Å²) in [4.78, 5) is 24.5. The van der Waals surface area contributed by atoms with E-state index < -0.39 is 5.91 Å². The number of ether oxygens (including phenoxy) is 3. The van der Waals surface area contributed by atoms with E-state index in [9.17, 15) is 9.59 Å². The Kier molecular flexibility index (Phi) is 6.36. The summed E-state index contributed by atoms with van der Waals surface area (Å²) in [5.74, 6) is 0.791. The Balaban J connectivity index is 1.65. The zero-order chi connectivity index (χ0) is 20.6. The summed E-state index contributed by atoms with van der Waals surface area (Å²) in [6.07, 6.45) is 1.41. The number of anilines is 2. The number of para-hydroxylation sites is 2. The van der Waals surface area contributed by atoms with Gasteiger partial charge < -0.3 is 29.3 Å². The maximum absolute atomic E-state index is 12.2. The van der Waals surface area contributed by atoms with Crippen LogP contribution < -0.4 is 24.8 Å². The average Bonchev–Trinajstić information content (AvgIpc) is 3.28. The van der Waals surface area contributed by atoms with Crippen LogP contribution in [-0.2, 0) is 4.79 Å². The lowest BCUT2D eigenvalue weighted by molar-refractivity contribution is -0.118. The minimum Gasteiger partial charge on any atom is -0.495 e. The van der Waals surface area contributed by atoms with Gasteiger partial charge in [-0.05, 0) is 42.5 Å². The molecule has 8 nitrogen and oxygen atoms in total. The van der Waals surface area contributed by atoms with E-state index in [1.54, 1.807) is 48.5 Å². The summed E-state index contributed by atoms with van der Waals surface area (Å²) in [7, 11) is 3.01. The predicted molar refractivity (Wildman–Crippen MR) is 107 cm³/mol. The summed E-state index contributed by atoms with van der Waals surface area (Å²) in [5.41, 5.74) is 0.853. The quantitative estimate of drug-likeness (QED) is 0.604. The minimum absolute atomic E-state index is 0.159. The number of furan rings is 1. The molecule has 0 atom stereocenters. The molecule has 29 heavy (non-hydrogen) atoms. The van der Waals surface area contributed by atoms with Gasteiger partial charge in [0.05, 0.1) is 26.2 Å². The van der Waals surface area contributed by atoms with Gasteiger partial charge in [-0.2, -0.15) is 0 Å². The third kappa shape index (κ3) is 5.07. The SMILES string of the molecule is COc1ccc(NC(=O)COc2ccccc2OC)cc1NC(=O)c1ccco1. The number of benzene rings is 2. The van der Waals surface area contributed by atoms with Crippen molar-refractivity contribution in [3.63, 3.8) is 0 Å². The molecule has 1 aromatic heterocycles. The third-order valence-electron chi connectivity index (χ3n) is 3.90. The zero-order valence-corrected chi connectivity index (χ0v) is 15.9. The van der Waals surface area contributed by atoms with Crippen molar-refractivity contribution < 1.29 is 28.2 Å². The molecule has 0 radical (unpaired) electrons. The van der Waals surface area contributed by atoms with Gasteiger partial charge in [0.25, 0.3) is 11.8 Å². The molecular formula is C21H20N2O6. The van der Waals surface area contributed by atoms with Crippen LogP contribution in [0.4, 0.5) is 11.4 Å². The molecule has 0 bridgehead atoms. The van der Waals surface area contributed by atoms with Crippen LogP contribution in [0.2, 0.25) is 0 Å². The number of rotatable bonds is 8. The summed E-state index contributed by atoms with van der Waals surface area (Å²) in [5, 5.41) is 5.41. The van der Waals surface area contributed by atoms with Gasteiger partial charge in [0.2, 0.25) is 0 Å². The number of methoxy groups -OCH3 is 2. The summed E-state index contributed by atoms with van der Waals surface area (Å²) < 4.78 is 21.0. The van der Waals surface area contributed by atoms with Gasteiger partial charge in [0.1, 0.15) is 5.75 Å². The Labute approximate surface area is 167 Å². The smallest absolute Gasteiger partial charge is 0.291 e. The Morgan fingerprint density at radius 3 is 2.34 bits per heavy atom. The number of nitrogens with one attached hydrogen (secondary N) is 2. The van der Waals surface area contributed by atoms with Gasteiger partial charge in [-0.15, -0.1) is 0 Å². The van der Waals surface area contributed by atoms with E-state index in [1.807, 2.05) is 6.07 Å². The van der Waals surface area contributed by atoms with Crippen LogP contribution in [0, 0.1) is 0 Å². The standard InChI is InChI=1S/C21H20N2O6/c1-26-16-10-9-14(12-15(16)23-21(25)19-8-5-11-28-19)22-20(24)13-29-18-7-4-3-6-17(18)27-2/h3-12H,13H2,1-2H3,(H,22,24)(H,23,25). The van der Waals surface area contributed by atoms with Crippen LogP contribution in [0.3, 0.4) is 0 Å². The molecule has 2 aromatic carbocycles. The highest BCUT2D eigenvalue weighted by Crippen LogP contribution is 2.29. The van der Waals surface area contributed by atoms with E-state index in [0.717, 1.165) is 0 Å². The molecule has 2 amide bonds. The van der Waals surface area contributed by atoms with Crippen molar-refractivity contribution in [1.29, 1.82) is 0 Å². The average molecular weight is 396 g/mol. The molecular weight excluding hydrogens is 376 g/mol. The minimum atomic E-state index is -0.434. The second kappa shape index (κ2) is 9.32. The van der Waals surface area contributed by atoms with Crippen molar-refractivity contribution in [2.45, 2.75) is 0 Å². The van der Waals surface area contributed by atoms with Gasteiger partial charge in [0.15, 0.2) is 23.9 Å². The lowest BCUT2D eigenvalue weighted by atomic mass is 10.2. The van der Waals surface area contributed by atoms with Crippen LogP contribution in [0.5, 0.6) is 17.2 Å². The fourth-order valence-electron chi connectivity index (χ4n) is 2.55.